The molecule has 1 aliphatic heterocycles. The minimum Gasteiger partial charge on any atom is -0.335 e. The van der Waals surface area contributed by atoms with Gasteiger partial charge in [-0.15, -0.1) is 0 Å². The van der Waals surface area contributed by atoms with E-state index in [9.17, 15) is 26.4 Å². The number of carbonyl (C=O) groups excluding carboxylic acids is 1. The Morgan fingerprint density at radius 1 is 0.844 bits per heavy atom. The summed E-state index contributed by atoms with van der Waals surface area (Å²) in [5.41, 5.74) is 0.516. The monoisotopic (exact) mass is 461 g/mol. The number of alkyl halides is 3. The van der Waals surface area contributed by atoms with Crippen molar-refractivity contribution in [3.63, 3.8) is 0 Å². The fourth-order valence-corrected chi connectivity index (χ4v) is 4.90. The van der Waals surface area contributed by atoms with E-state index in [0.29, 0.717) is 9.87 Å². The SMILES string of the molecule is Cc1ccc(S(=O)(=O)N2C(=O)[C@@H](c3ccc(C(F)(F)F)cc3)O[C@@H]2c2ccccc2)cc1. The lowest BCUT2D eigenvalue weighted by Gasteiger charge is -2.23. The number of amides is 1. The van der Waals surface area contributed by atoms with Crippen molar-refractivity contribution in [3.8, 4) is 0 Å². The van der Waals surface area contributed by atoms with Crippen LogP contribution in [0.15, 0.2) is 83.8 Å². The van der Waals surface area contributed by atoms with Crippen LogP contribution in [0.3, 0.4) is 0 Å². The Kier molecular flexibility index (Phi) is 5.56. The van der Waals surface area contributed by atoms with Crippen LogP contribution in [0.25, 0.3) is 0 Å². The maximum atomic E-state index is 13.4. The molecule has 1 saturated heterocycles. The molecule has 3 aromatic carbocycles. The number of hydrogen-bond acceptors (Lipinski definition) is 4. The molecule has 5 nitrogen and oxygen atoms in total. The van der Waals surface area contributed by atoms with Crippen LogP contribution < -0.4 is 0 Å². The van der Waals surface area contributed by atoms with Gasteiger partial charge in [-0.05, 0) is 36.8 Å². The largest absolute Gasteiger partial charge is 0.416 e. The number of aryl methyl sites for hydroxylation is 1. The number of rotatable bonds is 4. The van der Waals surface area contributed by atoms with E-state index < -0.39 is 40.0 Å². The highest BCUT2D eigenvalue weighted by Crippen LogP contribution is 2.42. The van der Waals surface area contributed by atoms with Crippen molar-refractivity contribution in [2.75, 3.05) is 0 Å². The predicted octanol–water partition coefficient (Wildman–Crippen LogP) is 5.00. The maximum Gasteiger partial charge on any atom is 0.416 e. The van der Waals surface area contributed by atoms with Gasteiger partial charge in [-0.25, -0.2) is 12.7 Å². The van der Waals surface area contributed by atoms with Gasteiger partial charge < -0.3 is 4.74 Å². The van der Waals surface area contributed by atoms with Gasteiger partial charge in [0.1, 0.15) is 0 Å². The number of sulfonamides is 1. The summed E-state index contributed by atoms with van der Waals surface area (Å²) in [5, 5.41) is 0. The molecule has 166 valence electrons. The second-order valence-corrected chi connectivity index (χ2v) is 9.17. The molecule has 1 aliphatic rings. The first-order valence-corrected chi connectivity index (χ1v) is 11.1. The minimum atomic E-state index is -4.54. The topological polar surface area (TPSA) is 63.7 Å². The summed E-state index contributed by atoms with van der Waals surface area (Å²) >= 11 is 0. The zero-order valence-corrected chi connectivity index (χ0v) is 17.6. The maximum absolute atomic E-state index is 13.4. The summed E-state index contributed by atoms with van der Waals surface area (Å²) in [6.07, 6.45) is -7.17. The standard InChI is InChI=1S/C23H18F3NO4S/c1-15-7-13-19(14-8-15)32(29,30)27-21(28)20(31-22(27)17-5-3-2-4-6-17)16-9-11-18(12-10-16)23(24,25)26/h2-14,20,22H,1H3/t20-,22-/m1/s1. The molecular weight excluding hydrogens is 443 g/mol. The molecule has 9 heteroatoms. The third-order valence-electron chi connectivity index (χ3n) is 5.12. The molecular formula is C23H18F3NO4S. The normalized spacial score (nSPS) is 19.4. The summed E-state index contributed by atoms with van der Waals surface area (Å²) in [6.45, 7) is 1.80. The van der Waals surface area contributed by atoms with Gasteiger partial charge in [0, 0.05) is 5.56 Å². The molecule has 0 saturated carbocycles. The van der Waals surface area contributed by atoms with Crippen LogP contribution in [0, 0.1) is 6.92 Å². The summed E-state index contributed by atoms with van der Waals surface area (Å²) in [5.74, 6) is -0.876. The quantitative estimate of drug-likeness (QED) is 0.549. The minimum absolute atomic E-state index is 0.0888. The third-order valence-corrected chi connectivity index (χ3v) is 6.88. The van der Waals surface area contributed by atoms with Gasteiger partial charge in [0.25, 0.3) is 15.9 Å². The molecule has 4 rings (SSSR count). The number of halogens is 3. The highest BCUT2D eigenvalue weighted by molar-refractivity contribution is 7.89. The number of benzene rings is 3. The Balaban J connectivity index is 1.77. The summed E-state index contributed by atoms with van der Waals surface area (Å²) < 4.78 is 72.0. The van der Waals surface area contributed by atoms with E-state index in [-0.39, 0.29) is 10.5 Å². The highest BCUT2D eigenvalue weighted by Gasteiger charge is 2.49. The van der Waals surface area contributed by atoms with Gasteiger partial charge in [0.2, 0.25) is 0 Å². The number of nitrogens with zero attached hydrogens (tertiary/aromatic N) is 1. The van der Waals surface area contributed by atoms with E-state index in [1.807, 2.05) is 0 Å². The zero-order chi connectivity index (χ0) is 23.1. The Morgan fingerprint density at radius 3 is 2.00 bits per heavy atom. The second kappa shape index (κ2) is 8.07. The smallest absolute Gasteiger partial charge is 0.335 e. The molecule has 1 amide bonds. The van der Waals surface area contributed by atoms with E-state index in [0.717, 1.165) is 29.8 Å². The van der Waals surface area contributed by atoms with E-state index >= 15 is 0 Å². The number of ether oxygens (including phenoxy) is 1. The van der Waals surface area contributed by atoms with Gasteiger partial charge in [-0.2, -0.15) is 13.2 Å². The van der Waals surface area contributed by atoms with E-state index in [1.54, 1.807) is 49.4 Å². The van der Waals surface area contributed by atoms with Crippen LogP contribution in [0.4, 0.5) is 13.2 Å². The second-order valence-electron chi connectivity index (χ2n) is 7.35. The lowest BCUT2D eigenvalue weighted by atomic mass is 10.1. The Labute approximate surface area is 183 Å². The van der Waals surface area contributed by atoms with Crippen LogP contribution in [-0.4, -0.2) is 18.6 Å². The molecule has 0 unspecified atom stereocenters. The fourth-order valence-electron chi connectivity index (χ4n) is 3.44. The molecule has 0 spiro atoms. The first kappa shape index (κ1) is 22.0. The summed E-state index contributed by atoms with van der Waals surface area (Å²) in [6, 6.07) is 18.2. The molecule has 0 aliphatic carbocycles. The van der Waals surface area contributed by atoms with Crippen LogP contribution >= 0.6 is 0 Å². The average molecular weight is 461 g/mol. The molecule has 0 aromatic heterocycles. The predicted molar refractivity (Wildman–Crippen MR) is 110 cm³/mol. The molecule has 0 radical (unpaired) electrons. The Hall–Kier alpha value is -3.17. The Bertz CT molecular complexity index is 1220. The molecule has 1 heterocycles. The van der Waals surface area contributed by atoms with Crippen molar-refractivity contribution in [3.05, 3.63) is 101 Å². The number of hydrogen-bond donors (Lipinski definition) is 0. The van der Waals surface area contributed by atoms with Crippen LogP contribution in [0.2, 0.25) is 0 Å². The summed E-state index contributed by atoms with van der Waals surface area (Å²) in [4.78, 5) is 13.2. The van der Waals surface area contributed by atoms with E-state index in [4.69, 9.17) is 4.74 Å². The van der Waals surface area contributed by atoms with Gasteiger partial charge in [-0.3, -0.25) is 4.79 Å². The number of carbonyl (C=O) groups is 1. The zero-order valence-electron chi connectivity index (χ0n) is 16.8. The fraction of sp³-hybridized carbons (Fsp3) is 0.174. The van der Waals surface area contributed by atoms with Crippen molar-refractivity contribution < 1.29 is 31.1 Å². The van der Waals surface area contributed by atoms with Crippen molar-refractivity contribution >= 4 is 15.9 Å². The van der Waals surface area contributed by atoms with E-state index in [1.165, 1.54) is 12.1 Å². The first-order valence-electron chi connectivity index (χ1n) is 9.61. The van der Waals surface area contributed by atoms with Crippen LogP contribution in [0.1, 0.15) is 34.6 Å². The summed E-state index contributed by atoms with van der Waals surface area (Å²) in [7, 11) is -4.30. The van der Waals surface area contributed by atoms with Crippen molar-refractivity contribution in [2.24, 2.45) is 0 Å². The first-order chi connectivity index (χ1) is 15.1. The highest BCUT2D eigenvalue weighted by atomic mass is 32.2. The molecule has 0 bridgehead atoms. The van der Waals surface area contributed by atoms with E-state index in [2.05, 4.69) is 0 Å². The lowest BCUT2D eigenvalue weighted by Crippen LogP contribution is -2.35. The van der Waals surface area contributed by atoms with Gasteiger partial charge >= 0.3 is 6.18 Å². The average Bonchev–Trinajstić information content (AvgIpc) is 3.12. The lowest BCUT2D eigenvalue weighted by molar-refractivity contribution is -0.137. The van der Waals surface area contributed by atoms with Crippen LogP contribution in [-0.2, 0) is 25.7 Å². The third kappa shape index (κ3) is 4.01. The molecule has 2 atom stereocenters. The van der Waals surface area contributed by atoms with Gasteiger partial charge in [0.15, 0.2) is 12.3 Å². The molecule has 3 aromatic rings. The molecule has 32 heavy (non-hydrogen) atoms. The Morgan fingerprint density at radius 2 is 1.44 bits per heavy atom. The molecule has 0 N–H and O–H groups in total. The van der Waals surface area contributed by atoms with Crippen LogP contribution in [0.5, 0.6) is 0 Å². The van der Waals surface area contributed by atoms with Crippen molar-refractivity contribution in [2.45, 2.75) is 30.3 Å². The molecule has 1 fully saturated rings. The van der Waals surface area contributed by atoms with Crippen molar-refractivity contribution in [1.29, 1.82) is 0 Å². The van der Waals surface area contributed by atoms with Gasteiger partial charge in [0.05, 0.1) is 10.5 Å². The van der Waals surface area contributed by atoms with Crippen molar-refractivity contribution in [1.82, 2.24) is 4.31 Å². The van der Waals surface area contributed by atoms with Gasteiger partial charge in [-0.1, -0.05) is 60.2 Å².